The number of nitrogens with zero attached hydrogens (tertiary/aromatic N) is 2. The van der Waals surface area contributed by atoms with Crippen LogP contribution in [0.15, 0.2) is 57.9 Å². The van der Waals surface area contributed by atoms with Crippen LogP contribution in [0.5, 0.6) is 5.75 Å². The summed E-state index contributed by atoms with van der Waals surface area (Å²) in [4.78, 5) is 18.0. The van der Waals surface area contributed by atoms with Gasteiger partial charge in [-0.05, 0) is 25.1 Å². The average Bonchev–Trinajstić information content (AvgIpc) is 3.12. The topological polar surface area (TPSA) is 77.2 Å². The molecule has 1 aliphatic heterocycles. The Labute approximate surface area is 161 Å². The van der Waals surface area contributed by atoms with Crippen LogP contribution in [-0.2, 0) is 5.75 Å². The average molecular weight is 381 g/mol. The number of carbonyl (C=O) groups is 1. The van der Waals surface area contributed by atoms with Gasteiger partial charge in [0.2, 0.25) is 5.89 Å². The third-order valence-electron chi connectivity index (χ3n) is 4.32. The number of aryl methyl sites for hydroxylation is 1. The quantitative estimate of drug-likeness (QED) is 0.675. The fourth-order valence-electron chi connectivity index (χ4n) is 3.05. The van der Waals surface area contributed by atoms with E-state index in [9.17, 15) is 4.79 Å². The number of benzene rings is 2. The number of rotatable bonds is 5. The molecule has 0 fully saturated rings. The number of aromatic nitrogens is 2. The third kappa shape index (κ3) is 3.98. The first-order valence-electron chi connectivity index (χ1n) is 8.74. The molecule has 4 rings (SSSR count). The van der Waals surface area contributed by atoms with Gasteiger partial charge in [-0.3, -0.25) is 4.79 Å². The van der Waals surface area contributed by atoms with Crippen molar-refractivity contribution in [3.05, 3.63) is 71.4 Å². The summed E-state index contributed by atoms with van der Waals surface area (Å²) in [6.45, 7) is 2.37. The molecular weight excluding hydrogens is 362 g/mol. The van der Waals surface area contributed by atoms with E-state index in [0.717, 1.165) is 22.6 Å². The predicted octanol–water partition coefficient (Wildman–Crippen LogP) is 3.92. The second kappa shape index (κ2) is 7.84. The molecule has 1 amide bonds. The maximum Gasteiger partial charge on any atom is 0.252 e. The van der Waals surface area contributed by atoms with Crippen molar-refractivity contribution in [3.8, 4) is 5.75 Å². The predicted molar refractivity (Wildman–Crippen MR) is 102 cm³/mol. The van der Waals surface area contributed by atoms with E-state index in [1.54, 1.807) is 6.92 Å². The number of fused-ring (bicyclic) bond motifs is 1. The number of para-hydroxylation sites is 1. The molecule has 0 saturated heterocycles. The van der Waals surface area contributed by atoms with Crippen LogP contribution in [0.4, 0.5) is 0 Å². The van der Waals surface area contributed by atoms with Crippen molar-refractivity contribution in [2.75, 3.05) is 6.61 Å². The van der Waals surface area contributed by atoms with Crippen LogP contribution in [0.3, 0.4) is 0 Å². The molecule has 1 aromatic heterocycles. The van der Waals surface area contributed by atoms with Crippen molar-refractivity contribution in [1.82, 2.24) is 15.5 Å². The molecule has 6 nitrogen and oxygen atoms in total. The SMILES string of the molecule is Cc1noc(CSc2ccccc2C(=O)NC2CCOc3ccccc32)n1. The van der Waals surface area contributed by atoms with Crippen LogP contribution in [-0.4, -0.2) is 22.7 Å². The van der Waals surface area contributed by atoms with E-state index < -0.39 is 0 Å². The smallest absolute Gasteiger partial charge is 0.252 e. The van der Waals surface area contributed by atoms with Crippen molar-refractivity contribution in [2.45, 2.75) is 30.0 Å². The molecule has 0 bridgehead atoms. The molecule has 1 aliphatic rings. The van der Waals surface area contributed by atoms with Gasteiger partial charge in [0.25, 0.3) is 5.91 Å². The van der Waals surface area contributed by atoms with Crippen molar-refractivity contribution in [2.24, 2.45) is 0 Å². The summed E-state index contributed by atoms with van der Waals surface area (Å²) in [5, 5.41) is 6.94. The summed E-state index contributed by atoms with van der Waals surface area (Å²) in [7, 11) is 0. The molecule has 0 saturated carbocycles. The lowest BCUT2D eigenvalue weighted by molar-refractivity contribution is 0.0922. The molecule has 1 N–H and O–H groups in total. The molecule has 7 heteroatoms. The molecule has 0 spiro atoms. The van der Waals surface area contributed by atoms with Crippen LogP contribution in [0.1, 0.15) is 40.1 Å². The monoisotopic (exact) mass is 381 g/mol. The highest BCUT2D eigenvalue weighted by atomic mass is 32.2. The van der Waals surface area contributed by atoms with Gasteiger partial charge in [0.1, 0.15) is 5.75 Å². The molecule has 27 heavy (non-hydrogen) atoms. The Balaban J connectivity index is 1.49. The summed E-state index contributed by atoms with van der Waals surface area (Å²) in [5.74, 6) is 2.41. The first-order chi connectivity index (χ1) is 13.2. The van der Waals surface area contributed by atoms with Crippen molar-refractivity contribution < 1.29 is 14.1 Å². The Hall–Kier alpha value is -2.80. The van der Waals surface area contributed by atoms with Gasteiger partial charge in [0, 0.05) is 16.9 Å². The van der Waals surface area contributed by atoms with E-state index in [-0.39, 0.29) is 11.9 Å². The van der Waals surface area contributed by atoms with Gasteiger partial charge in [-0.2, -0.15) is 4.98 Å². The van der Waals surface area contributed by atoms with E-state index in [1.165, 1.54) is 11.8 Å². The summed E-state index contributed by atoms with van der Waals surface area (Å²) < 4.78 is 10.8. The largest absolute Gasteiger partial charge is 0.493 e. The van der Waals surface area contributed by atoms with Gasteiger partial charge in [-0.25, -0.2) is 0 Å². The minimum atomic E-state index is -0.0958. The zero-order chi connectivity index (χ0) is 18.6. The van der Waals surface area contributed by atoms with Crippen LogP contribution in [0.2, 0.25) is 0 Å². The Bertz CT molecular complexity index is 957. The first kappa shape index (κ1) is 17.6. The van der Waals surface area contributed by atoms with Crippen LogP contribution in [0, 0.1) is 6.92 Å². The molecule has 3 aromatic rings. The number of amides is 1. The van der Waals surface area contributed by atoms with Gasteiger partial charge < -0.3 is 14.6 Å². The number of thioether (sulfide) groups is 1. The normalized spacial score (nSPS) is 15.7. The second-order valence-electron chi connectivity index (χ2n) is 6.22. The minimum Gasteiger partial charge on any atom is -0.493 e. The molecule has 2 aromatic carbocycles. The molecule has 1 atom stereocenters. The van der Waals surface area contributed by atoms with Gasteiger partial charge in [-0.1, -0.05) is 35.5 Å². The van der Waals surface area contributed by atoms with Gasteiger partial charge in [-0.15, -0.1) is 11.8 Å². The summed E-state index contributed by atoms with van der Waals surface area (Å²) >= 11 is 1.51. The number of hydrogen-bond donors (Lipinski definition) is 1. The lowest BCUT2D eigenvalue weighted by atomic mass is 10.00. The molecule has 1 unspecified atom stereocenters. The molecule has 138 valence electrons. The number of ether oxygens (including phenoxy) is 1. The van der Waals surface area contributed by atoms with Crippen LogP contribution in [0.25, 0.3) is 0 Å². The van der Waals surface area contributed by atoms with Gasteiger partial charge >= 0.3 is 0 Å². The van der Waals surface area contributed by atoms with E-state index >= 15 is 0 Å². The third-order valence-corrected chi connectivity index (χ3v) is 5.37. The fourth-order valence-corrected chi connectivity index (χ4v) is 3.93. The van der Waals surface area contributed by atoms with Crippen molar-refractivity contribution >= 4 is 17.7 Å². The summed E-state index contributed by atoms with van der Waals surface area (Å²) in [6.07, 6.45) is 0.749. The summed E-state index contributed by atoms with van der Waals surface area (Å²) in [5.41, 5.74) is 1.66. The first-order valence-corrected chi connectivity index (χ1v) is 9.73. The highest BCUT2D eigenvalue weighted by Crippen LogP contribution is 2.32. The standard InChI is InChI=1S/C20H19N3O3S/c1-13-21-19(26-23-13)12-27-18-9-5-3-7-15(18)20(24)22-16-10-11-25-17-8-4-2-6-14(16)17/h2-9,16H,10-12H2,1H3,(H,22,24). The van der Waals surface area contributed by atoms with E-state index in [0.29, 0.717) is 29.6 Å². The Kier molecular flexibility index (Phi) is 5.11. The van der Waals surface area contributed by atoms with Crippen molar-refractivity contribution in [3.63, 3.8) is 0 Å². The number of hydrogen-bond acceptors (Lipinski definition) is 6. The van der Waals surface area contributed by atoms with E-state index in [2.05, 4.69) is 15.5 Å². The number of nitrogens with one attached hydrogen (secondary N) is 1. The molecular formula is C20H19N3O3S. The maximum atomic E-state index is 12.9. The van der Waals surface area contributed by atoms with Crippen LogP contribution < -0.4 is 10.1 Å². The number of carbonyl (C=O) groups excluding carboxylic acids is 1. The zero-order valence-corrected chi connectivity index (χ0v) is 15.7. The van der Waals surface area contributed by atoms with Crippen LogP contribution >= 0.6 is 11.8 Å². The zero-order valence-electron chi connectivity index (χ0n) is 14.8. The Morgan fingerprint density at radius 3 is 2.89 bits per heavy atom. The van der Waals surface area contributed by atoms with Gasteiger partial charge in [0.15, 0.2) is 5.82 Å². The van der Waals surface area contributed by atoms with E-state index in [1.807, 2.05) is 48.5 Å². The summed E-state index contributed by atoms with van der Waals surface area (Å²) in [6, 6.07) is 15.3. The lowest BCUT2D eigenvalue weighted by Crippen LogP contribution is -2.32. The minimum absolute atomic E-state index is 0.0564. The highest BCUT2D eigenvalue weighted by molar-refractivity contribution is 7.98. The Morgan fingerprint density at radius 2 is 2.04 bits per heavy atom. The molecule has 0 aliphatic carbocycles. The van der Waals surface area contributed by atoms with Crippen molar-refractivity contribution in [1.29, 1.82) is 0 Å². The van der Waals surface area contributed by atoms with Gasteiger partial charge in [0.05, 0.1) is 24.0 Å². The Morgan fingerprint density at radius 1 is 1.22 bits per heavy atom. The molecule has 0 radical (unpaired) electrons. The second-order valence-corrected chi connectivity index (χ2v) is 7.24. The molecule has 2 heterocycles. The maximum absolute atomic E-state index is 12.9. The van der Waals surface area contributed by atoms with E-state index in [4.69, 9.17) is 9.26 Å². The lowest BCUT2D eigenvalue weighted by Gasteiger charge is -2.26. The highest BCUT2D eigenvalue weighted by Gasteiger charge is 2.24. The fraction of sp³-hybridized carbons (Fsp3) is 0.250.